The molecule has 0 aliphatic rings. The number of sulfone groups is 1. The lowest BCUT2D eigenvalue weighted by molar-refractivity contribution is -0.115. The van der Waals surface area contributed by atoms with Crippen molar-refractivity contribution >= 4 is 31.8 Å². The lowest BCUT2D eigenvalue weighted by atomic mass is 10.2. The van der Waals surface area contributed by atoms with E-state index in [1.165, 1.54) is 69.7 Å². The normalized spacial score (nSPS) is 12.0. The highest BCUT2D eigenvalue weighted by Crippen LogP contribution is 2.23. The van der Waals surface area contributed by atoms with E-state index in [0.717, 1.165) is 4.31 Å². The number of carbonyl (C=O) groups is 1. The summed E-state index contributed by atoms with van der Waals surface area (Å²) in [6, 6.07) is 11.4. The Bertz CT molecular complexity index is 1330. The van der Waals surface area contributed by atoms with Crippen molar-refractivity contribution in [2.45, 2.75) is 16.2 Å². The molecule has 1 heterocycles. The molecule has 0 atom stereocenters. The molecular weight excluding hydrogens is 472 g/mol. The van der Waals surface area contributed by atoms with Gasteiger partial charge in [0.2, 0.25) is 21.8 Å². The molecule has 0 saturated heterocycles. The van der Waals surface area contributed by atoms with E-state index < -0.39 is 31.5 Å². The second kappa shape index (κ2) is 9.68. The average molecular weight is 495 g/mol. The second-order valence-corrected chi connectivity index (χ2v) is 11.3. The molecule has 1 amide bonds. The number of amides is 1. The number of ether oxygens (including phenoxy) is 1. The molecule has 0 aliphatic heterocycles. The minimum atomic E-state index is -3.67. The first kappa shape index (κ1) is 24.4. The summed E-state index contributed by atoms with van der Waals surface area (Å²) >= 11 is 0. The van der Waals surface area contributed by atoms with Gasteiger partial charge < -0.3 is 9.15 Å². The van der Waals surface area contributed by atoms with E-state index in [1.807, 2.05) is 0 Å². The molecule has 3 aromatic rings. The van der Waals surface area contributed by atoms with Gasteiger partial charge in [0.15, 0.2) is 9.84 Å². The Hall–Kier alpha value is -3.29. The van der Waals surface area contributed by atoms with Crippen molar-refractivity contribution in [2.75, 3.05) is 32.3 Å². The minimum absolute atomic E-state index is 0.0601. The van der Waals surface area contributed by atoms with Gasteiger partial charge in [-0.2, -0.15) is 0 Å². The summed E-state index contributed by atoms with van der Waals surface area (Å²) in [5.41, 5.74) is 0.447. The molecule has 1 aromatic heterocycles. The highest BCUT2D eigenvalue weighted by atomic mass is 32.2. The largest absolute Gasteiger partial charge is 0.497 e. The van der Waals surface area contributed by atoms with Crippen molar-refractivity contribution in [1.29, 1.82) is 0 Å². The Kier molecular flexibility index (Phi) is 7.15. The maximum absolute atomic E-state index is 12.4. The standard InChI is InChI=1S/C20H22N4O7S2/c1-24(2)33(28,29)17-8-4-14(5-9-17)19-22-23-20(31-19)21-18(25)12-13-32(26,27)16-10-6-15(30-3)7-11-16/h4-11H,12-13H2,1-3H3,(H,21,23,25). The first-order valence-corrected chi connectivity index (χ1v) is 12.7. The molecule has 33 heavy (non-hydrogen) atoms. The summed E-state index contributed by atoms with van der Waals surface area (Å²) in [7, 11) is -2.91. The lowest BCUT2D eigenvalue weighted by Crippen LogP contribution is -2.22. The number of rotatable bonds is 9. The predicted octanol–water partition coefficient (Wildman–Crippen LogP) is 1.80. The number of nitrogens with zero attached hydrogens (tertiary/aromatic N) is 3. The van der Waals surface area contributed by atoms with Crippen molar-refractivity contribution < 1.29 is 30.8 Å². The molecule has 2 aromatic carbocycles. The molecule has 0 radical (unpaired) electrons. The first-order valence-electron chi connectivity index (χ1n) is 9.56. The van der Waals surface area contributed by atoms with Crippen molar-refractivity contribution in [2.24, 2.45) is 0 Å². The molecule has 11 nitrogen and oxygen atoms in total. The number of hydrogen-bond donors (Lipinski definition) is 1. The Morgan fingerprint density at radius 2 is 1.58 bits per heavy atom. The maximum Gasteiger partial charge on any atom is 0.322 e. The summed E-state index contributed by atoms with van der Waals surface area (Å²) in [5, 5.41) is 9.89. The van der Waals surface area contributed by atoms with Gasteiger partial charge in [-0.1, -0.05) is 5.10 Å². The fourth-order valence-electron chi connectivity index (χ4n) is 2.68. The maximum atomic E-state index is 12.4. The van der Waals surface area contributed by atoms with Crippen molar-refractivity contribution in [3.05, 3.63) is 48.5 Å². The number of anilines is 1. The molecule has 1 N–H and O–H groups in total. The summed E-state index contributed by atoms with van der Waals surface area (Å²) in [6.45, 7) is 0. The van der Waals surface area contributed by atoms with Crippen LogP contribution in [0.5, 0.6) is 5.75 Å². The molecule has 0 unspecified atom stereocenters. The highest BCUT2D eigenvalue weighted by Gasteiger charge is 2.20. The number of benzene rings is 2. The van der Waals surface area contributed by atoms with Gasteiger partial charge in [0.05, 0.1) is 22.7 Å². The topological polar surface area (TPSA) is 149 Å². The van der Waals surface area contributed by atoms with Crippen LogP contribution in [-0.4, -0.2) is 64.2 Å². The lowest BCUT2D eigenvalue weighted by Gasteiger charge is -2.11. The zero-order valence-electron chi connectivity index (χ0n) is 18.0. The number of sulfonamides is 1. The minimum Gasteiger partial charge on any atom is -0.497 e. The Balaban J connectivity index is 1.61. The van der Waals surface area contributed by atoms with Gasteiger partial charge in [0, 0.05) is 26.1 Å². The van der Waals surface area contributed by atoms with E-state index in [0.29, 0.717) is 11.3 Å². The third-order valence-electron chi connectivity index (χ3n) is 4.57. The van der Waals surface area contributed by atoms with Crippen molar-refractivity contribution in [3.63, 3.8) is 0 Å². The summed E-state index contributed by atoms with van der Waals surface area (Å²) in [5.74, 6) is -0.443. The van der Waals surface area contributed by atoms with Gasteiger partial charge in [-0.25, -0.2) is 21.1 Å². The quantitative estimate of drug-likeness (QED) is 0.470. The number of nitrogens with one attached hydrogen (secondary N) is 1. The zero-order valence-corrected chi connectivity index (χ0v) is 19.7. The van der Waals surface area contributed by atoms with Gasteiger partial charge in [-0.3, -0.25) is 10.1 Å². The van der Waals surface area contributed by atoms with E-state index >= 15 is 0 Å². The smallest absolute Gasteiger partial charge is 0.322 e. The van der Waals surface area contributed by atoms with Crippen LogP contribution in [0.2, 0.25) is 0 Å². The van der Waals surface area contributed by atoms with E-state index in [4.69, 9.17) is 9.15 Å². The van der Waals surface area contributed by atoms with Gasteiger partial charge in [-0.05, 0) is 48.5 Å². The Morgan fingerprint density at radius 1 is 0.970 bits per heavy atom. The van der Waals surface area contributed by atoms with Crippen molar-refractivity contribution in [1.82, 2.24) is 14.5 Å². The molecule has 0 aliphatic carbocycles. The fourth-order valence-corrected chi connectivity index (χ4v) is 4.82. The van der Waals surface area contributed by atoms with Crippen LogP contribution in [-0.2, 0) is 24.7 Å². The fraction of sp³-hybridized carbons (Fsp3) is 0.250. The van der Waals surface area contributed by atoms with E-state index in [9.17, 15) is 21.6 Å². The first-order chi connectivity index (χ1) is 15.5. The van der Waals surface area contributed by atoms with E-state index in [-0.39, 0.29) is 28.1 Å². The van der Waals surface area contributed by atoms with Gasteiger partial charge in [0.25, 0.3) is 0 Å². The van der Waals surface area contributed by atoms with Crippen molar-refractivity contribution in [3.8, 4) is 17.2 Å². The van der Waals surface area contributed by atoms with Crippen LogP contribution in [0.3, 0.4) is 0 Å². The average Bonchev–Trinajstić information content (AvgIpc) is 3.26. The number of methoxy groups -OCH3 is 1. The molecule has 0 bridgehead atoms. The molecule has 176 valence electrons. The number of carbonyl (C=O) groups excluding carboxylic acids is 1. The Morgan fingerprint density at radius 3 is 2.15 bits per heavy atom. The third kappa shape index (κ3) is 5.74. The molecular formula is C20H22N4O7S2. The van der Waals surface area contributed by atoms with Crippen LogP contribution in [0.15, 0.2) is 62.7 Å². The molecule has 0 spiro atoms. The summed E-state index contributed by atoms with van der Waals surface area (Å²) < 4.78 is 60.5. The molecule has 13 heteroatoms. The van der Waals surface area contributed by atoms with Crippen LogP contribution in [0.4, 0.5) is 6.01 Å². The van der Waals surface area contributed by atoms with E-state index in [1.54, 1.807) is 0 Å². The summed E-state index contributed by atoms with van der Waals surface area (Å²) in [6.07, 6.45) is -0.316. The van der Waals surface area contributed by atoms with Crippen LogP contribution in [0.1, 0.15) is 6.42 Å². The van der Waals surface area contributed by atoms with Crippen LogP contribution >= 0.6 is 0 Å². The van der Waals surface area contributed by atoms with Gasteiger partial charge >= 0.3 is 6.01 Å². The predicted molar refractivity (Wildman–Crippen MR) is 119 cm³/mol. The van der Waals surface area contributed by atoms with E-state index in [2.05, 4.69) is 15.5 Å². The zero-order chi connectivity index (χ0) is 24.2. The van der Waals surface area contributed by atoms with Crippen LogP contribution in [0.25, 0.3) is 11.5 Å². The number of hydrogen-bond acceptors (Lipinski definition) is 9. The van der Waals surface area contributed by atoms with Gasteiger partial charge in [-0.15, -0.1) is 5.10 Å². The number of aromatic nitrogens is 2. The summed E-state index contributed by atoms with van der Waals surface area (Å²) in [4.78, 5) is 12.3. The SMILES string of the molecule is COc1ccc(S(=O)(=O)CCC(=O)Nc2nnc(-c3ccc(S(=O)(=O)N(C)C)cc3)o2)cc1. The highest BCUT2D eigenvalue weighted by molar-refractivity contribution is 7.91. The van der Waals surface area contributed by atoms with Crippen LogP contribution < -0.4 is 10.1 Å². The molecule has 0 saturated carbocycles. The third-order valence-corrected chi connectivity index (χ3v) is 8.13. The van der Waals surface area contributed by atoms with Crippen LogP contribution in [0, 0.1) is 0 Å². The Labute approximate surface area is 191 Å². The van der Waals surface area contributed by atoms with Gasteiger partial charge in [0.1, 0.15) is 5.75 Å². The molecule has 3 rings (SSSR count). The monoisotopic (exact) mass is 494 g/mol. The molecule has 0 fully saturated rings. The second-order valence-electron chi connectivity index (χ2n) is 7.02.